The van der Waals surface area contributed by atoms with Gasteiger partial charge in [0.1, 0.15) is 0 Å². The number of ether oxygens (including phenoxy) is 1. The van der Waals surface area contributed by atoms with Crippen LogP contribution < -0.4 is 0 Å². The average Bonchev–Trinajstić information content (AvgIpc) is 2.45. The Morgan fingerprint density at radius 2 is 2.00 bits per heavy atom. The molecule has 2 rings (SSSR count). The van der Waals surface area contributed by atoms with Crippen LogP contribution in [0.15, 0.2) is 0 Å². The summed E-state index contributed by atoms with van der Waals surface area (Å²) in [7, 11) is 2.24. The fraction of sp³-hybridized carbons (Fsp3) is 1.00. The lowest BCUT2D eigenvalue weighted by Crippen LogP contribution is -2.47. The first-order chi connectivity index (χ1) is 6.86. The van der Waals surface area contributed by atoms with Gasteiger partial charge in [0, 0.05) is 32.3 Å². The van der Waals surface area contributed by atoms with Crippen molar-refractivity contribution in [2.45, 2.75) is 25.3 Å². The molecule has 82 valence electrons. The SMILES string of the molecule is CN1CCCC(N2CCCOCC2)C1. The first kappa shape index (κ1) is 10.4. The average molecular weight is 198 g/mol. The molecular weight excluding hydrogens is 176 g/mol. The second-order valence-corrected chi connectivity index (χ2v) is 4.56. The van der Waals surface area contributed by atoms with E-state index in [0.29, 0.717) is 0 Å². The van der Waals surface area contributed by atoms with E-state index in [1.165, 1.54) is 38.9 Å². The van der Waals surface area contributed by atoms with Gasteiger partial charge in [0.2, 0.25) is 0 Å². The summed E-state index contributed by atoms with van der Waals surface area (Å²) in [6.07, 6.45) is 3.95. The maximum Gasteiger partial charge on any atom is 0.0593 e. The number of likely N-dealkylation sites (N-methyl/N-ethyl adjacent to an activating group) is 1. The quantitative estimate of drug-likeness (QED) is 0.620. The first-order valence-electron chi connectivity index (χ1n) is 5.86. The lowest BCUT2D eigenvalue weighted by molar-refractivity contribution is 0.0989. The third-order valence-electron chi connectivity index (χ3n) is 3.37. The lowest BCUT2D eigenvalue weighted by atomic mass is 10.0. The fourth-order valence-corrected chi connectivity index (χ4v) is 2.57. The van der Waals surface area contributed by atoms with E-state index in [0.717, 1.165) is 25.8 Å². The molecule has 0 aromatic rings. The Morgan fingerprint density at radius 3 is 2.86 bits per heavy atom. The molecule has 0 aliphatic carbocycles. The van der Waals surface area contributed by atoms with Crippen LogP contribution in [-0.2, 0) is 4.74 Å². The monoisotopic (exact) mass is 198 g/mol. The Morgan fingerprint density at radius 1 is 1.07 bits per heavy atom. The standard InChI is InChI=1S/C11H22N2O/c1-12-5-2-4-11(10-12)13-6-3-8-14-9-7-13/h11H,2-10H2,1H3. The van der Waals surface area contributed by atoms with Crippen molar-refractivity contribution in [1.82, 2.24) is 9.80 Å². The van der Waals surface area contributed by atoms with Crippen molar-refractivity contribution >= 4 is 0 Å². The highest BCUT2D eigenvalue weighted by molar-refractivity contribution is 4.80. The number of piperidine rings is 1. The molecule has 2 aliphatic rings. The van der Waals surface area contributed by atoms with Gasteiger partial charge in [-0.3, -0.25) is 4.90 Å². The summed E-state index contributed by atoms with van der Waals surface area (Å²) in [5.74, 6) is 0. The Balaban J connectivity index is 1.85. The highest BCUT2D eigenvalue weighted by atomic mass is 16.5. The molecule has 0 N–H and O–H groups in total. The van der Waals surface area contributed by atoms with E-state index in [1.54, 1.807) is 0 Å². The van der Waals surface area contributed by atoms with Crippen molar-refractivity contribution in [3.8, 4) is 0 Å². The third kappa shape index (κ3) is 2.69. The van der Waals surface area contributed by atoms with Crippen LogP contribution in [0.4, 0.5) is 0 Å². The van der Waals surface area contributed by atoms with Crippen LogP contribution in [-0.4, -0.2) is 62.3 Å². The minimum absolute atomic E-state index is 0.787. The number of likely N-dealkylation sites (tertiary alicyclic amines) is 1. The highest BCUT2D eigenvalue weighted by Gasteiger charge is 2.23. The first-order valence-corrected chi connectivity index (χ1v) is 5.86. The summed E-state index contributed by atoms with van der Waals surface area (Å²) >= 11 is 0. The van der Waals surface area contributed by atoms with Crippen molar-refractivity contribution in [2.24, 2.45) is 0 Å². The zero-order valence-electron chi connectivity index (χ0n) is 9.24. The largest absolute Gasteiger partial charge is 0.380 e. The number of hydrogen-bond donors (Lipinski definition) is 0. The fourth-order valence-electron chi connectivity index (χ4n) is 2.57. The molecule has 3 nitrogen and oxygen atoms in total. The molecule has 0 bridgehead atoms. The van der Waals surface area contributed by atoms with E-state index in [9.17, 15) is 0 Å². The number of hydrogen-bond acceptors (Lipinski definition) is 3. The van der Waals surface area contributed by atoms with E-state index < -0.39 is 0 Å². The maximum atomic E-state index is 5.49. The molecule has 0 saturated carbocycles. The third-order valence-corrected chi connectivity index (χ3v) is 3.37. The summed E-state index contributed by atoms with van der Waals surface area (Å²) in [6, 6.07) is 0.787. The van der Waals surface area contributed by atoms with E-state index in [4.69, 9.17) is 4.74 Å². The van der Waals surface area contributed by atoms with Crippen LogP contribution in [0.25, 0.3) is 0 Å². The second kappa shape index (κ2) is 5.10. The topological polar surface area (TPSA) is 15.7 Å². The summed E-state index contributed by atoms with van der Waals surface area (Å²) in [6.45, 7) is 6.79. The van der Waals surface area contributed by atoms with Gasteiger partial charge in [-0.2, -0.15) is 0 Å². The normalized spacial score (nSPS) is 32.8. The van der Waals surface area contributed by atoms with Crippen LogP contribution in [0.5, 0.6) is 0 Å². The Hall–Kier alpha value is -0.120. The molecule has 0 spiro atoms. The molecule has 2 heterocycles. The van der Waals surface area contributed by atoms with Crippen LogP contribution in [0.3, 0.4) is 0 Å². The number of nitrogens with zero attached hydrogens (tertiary/aromatic N) is 2. The summed E-state index contributed by atoms with van der Waals surface area (Å²) < 4.78 is 5.49. The highest BCUT2D eigenvalue weighted by Crippen LogP contribution is 2.15. The molecule has 0 aromatic carbocycles. The van der Waals surface area contributed by atoms with Crippen molar-refractivity contribution in [3.63, 3.8) is 0 Å². The molecule has 2 fully saturated rings. The van der Waals surface area contributed by atoms with Gasteiger partial charge in [0.15, 0.2) is 0 Å². The van der Waals surface area contributed by atoms with Gasteiger partial charge in [-0.05, 0) is 32.9 Å². The molecule has 0 amide bonds. The zero-order chi connectivity index (χ0) is 9.80. The van der Waals surface area contributed by atoms with Crippen LogP contribution in [0.1, 0.15) is 19.3 Å². The smallest absolute Gasteiger partial charge is 0.0593 e. The van der Waals surface area contributed by atoms with Crippen LogP contribution in [0.2, 0.25) is 0 Å². The minimum atomic E-state index is 0.787. The molecule has 1 atom stereocenters. The van der Waals surface area contributed by atoms with Gasteiger partial charge in [-0.1, -0.05) is 0 Å². The minimum Gasteiger partial charge on any atom is -0.380 e. The van der Waals surface area contributed by atoms with Gasteiger partial charge < -0.3 is 9.64 Å². The second-order valence-electron chi connectivity index (χ2n) is 4.56. The molecule has 0 radical (unpaired) electrons. The lowest BCUT2D eigenvalue weighted by Gasteiger charge is -2.37. The molecule has 14 heavy (non-hydrogen) atoms. The predicted molar refractivity (Wildman–Crippen MR) is 57.5 cm³/mol. The zero-order valence-corrected chi connectivity index (χ0v) is 9.24. The van der Waals surface area contributed by atoms with Gasteiger partial charge in [-0.25, -0.2) is 0 Å². The van der Waals surface area contributed by atoms with E-state index in [2.05, 4.69) is 16.8 Å². The van der Waals surface area contributed by atoms with Gasteiger partial charge in [0.05, 0.1) is 6.61 Å². The van der Waals surface area contributed by atoms with Crippen molar-refractivity contribution in [1.29, 1.82) is 0 Å². The van der Waals surface area contributed by atoms with Crippen LogP contribution in [0, 0.1) is 0 Å². The van der Waals surface area contributed by atoms with Gasteiger partial charge in [0.25, 0.3) is 0 Å². The summed E-state index contributed by atoms with van der Waals surface area (Å²) in [5, 5.41) is 0. The van der Waals surface area contributed by atoms with E-state index in [-0.39, 0.29) is 0 Å². The Kier molecular flexibility index (Phi) is 3.79. The molecule has 1 unspecified atom stereocenters. The number of rotatable bonds is 1. The predicted octanol–water partition coefficient (Wildman–Crippen LogP) is 0.803. The Labute approximate surface area is 87.0 Å². The van der Waals surface area contributed by atoms with Crippen molar-refractivity contribution in [2.75, 3.05) is 46.4 Å². The summed E-state index contributed by atoms with van der Waals surface area (Å²) in [5.41, 5.74) is 0. The van der Waals surface area contributed by atoms with Crippen LogP contribution >= 0.6 is 0 Å². The summed E-state index contributed by atoms with van der Waals surface area (Å²) in [4.78, 5) is 5.09. The molecule has 0 aromatic heterocycles. The van der Waals surface area contributed by atoms with E-state index in [1.807, 2.05) is 0 Å². The van der Waals surface area contributed by atoms with Gasteiger partial charge in [-0.15, -0.1) is 0 Å². The molecule has 2 saturated heterocycles. The maximum absolute atomic E-state index is 5.49. The van der Waals surface area contributed by atoms with Crippen molar-refractivity contribution < 1.29 is 4.74 Å². The molecule has 2 aliphatic heterocycles. The Bertz CT molecular complexity index is 167. The van der Waals surface area contributed by atoms with E-state index >= 15 is 0 Å². The molecular formula is C11H22N2O. The molecule has 3 heteroatoms. The van der Waals surface area contributed by atoms with Gasteiger partial charge >= 0.3 is 0 Å². The van der Waals surface area contributed by atoms with Crippen molar-refractivity contribution in [3.05, 3.63) is 0 Å².